The summed E-state index contributed by atoms with van der Waals surface area (Å²) in [4.78, 5) is 19.2. The fraction of sp³-hybridized carbons (Fsp3) is 0. The minimum absolute atomic E-state index is 1.03. The van der Waals surface area contributed by atoms with Gasteiger partial charge >= 0.3 is 0 Å². The number of nitrogens with zero attached hydrogens (tertiary/aromatic N) is 4. The Kier molecular flexibility index (Phi) is 6.19. The summed E-state index contributed by atoms with van der Waals surface area (Å²) in [7, 11) is -3.03. The van der Waals surface area contributed by atoms with Gasteiger partial charge in [0.25, 0.3) is 0 Å². The van der Waals surface area contributed by atoms with E-state index in [2.05, 4.69) is 94.9 Å². The van der Waals surface area contributed by atoms with Crippen LogP contribution in [0.5, 0.6) is 0 Å². The summed E-state index contributed by atoms with van der Waals surface area (Å²) >= 11 is 0. The van der Waals surface area contributed by atoms with Crippen molar-refractivity contribution in [1.29, 1.82) is 0 Å². The molecule has 4 aromatic heterocycles. The molecule has 0 radical (unpaired) electrons. The molecule has 0 unspecified atom stereocenters. The molecule has 4 heterocycles. The maximum absolute atomic E-state index is 5.17. The van der Waals surface area contributed by atoms with Crippen molar-refractivity contribution in [3.8, 4) is 22.3 Å². The molecule has 176 valence electrons. The highest BCUT2D eigenvalue weighted by atomic mass is 28.3. The predicted molar refractivity (Wildman–Crippen MR) is 152 cm³/mol. The first kappa shape index (κ1) is 22.7. The highest BCUT2D eigenvalue weighted by molar-refractivity contribution is 7.20. The molecule has 0 saturated heterocycles. The number of rotatable bonds is 6. The second kappa shape index (κ2) is 10.1. The third kappa shape index (κ3) is 4.05. The number of pyridine rings is 4. The van der Waals surface area contributed by atoms with Gasteiger partial charge in [-0.3, -0.25) is 19.9 Å². The van der Waals surface area contributed by atoms with Gasteiger partial charge in [0.05, 0.1) is 0 Å². The molecule has 0 spiro atoms. The van der Waals surface area contributed by atoms with E-state index in [1.165, 1.54) is 10.4 Å². The van der Waals surface area contributed by atoms with Crippen LogP contribution >= 0.6 is 0 Å². The lowest BCUT2D eigenvalue weighted by Gasteiger charge is -2.34. The summed E-state index contributed by atoms with van der Waals surface area (Å²) in [5, 5.41) is 4.50. The Bertz CT molecular complexity index is 1480. The van der Waals surface area contributed by atoms with Gasteiger partial charge < -0.3 is 0 Å². The SMILES string of the molecule is c1ccc([Si](c2ccccc2)(c2ncccc2-c2cccnc2)c2ncccc2-c2cccnc2)cc1. The Hall–Kier alpha value is -4.74. The first-order valence-electron chi connectivity index (χ1n) is 12.2. The van der Waals surface area contributed by atoms with Crippen LogP contribution in [0.15, 0.2) is 146 Å². The van der Waals surface area contributed by atoms with Gasteiger partial charge in [-0.2, -0.15) is 0 Å². The molecule has 0 aliphatic carbocycles. The Labute approximate surface area is 217 Å². The van der Waals surface area contributed by atoms with Crippen molar-refractivity contribution in [2.75, 3.05) is 0 Å². The van der Waals surface area contributed by atoms with E-state index in [1.54, 1.807) is 12.4 Å². The molecule has 0 atom stereocenters. The van der Waals surface area contributed by atoms with Gasteiger partial charge in [-0.25, -0.2) is 0 Å². The Balaban J connectivity index is 1.80. The van der Waals surface area contributed by atoms with E-state index < -0.39 is 8.07 Å². The topological polar surface area (TPSA) is 51.6 Å². The van der Waals surface area contributed by atoms with E-state index in [9.17, 15) is 0 Å². The molecule has 0 amide bonds. The van der Waals surface area contributed by atoms with Crippen molar-refractivity contribution in [3.05, 3.63) is 146 Å². The summed E-state index contributed by atoms with van der Waals surface area (Å²) in [5.41, 5.74) is 4.21. The van der Waals surface area contributed by atoms with Crippen LogP contribution in [0.25, 0.3) is 22.3 Å². The summed E-state index contributed by atoms with van der Waals surface area (Å²) in [6.45, 7) is 0. The average molecular weight is 493 g/mol. The lowest BCUT2D eigenvalue weighted by molar-refractivity contribution is 1.30. The minimum Gasteiger partial charge on any atom is -0.264 e. The summed E-state index contributed by atoms with van der Waals surface area (Å²) in [6, 6.07) is 37.9. The second-order valence-corrected chi connectivity index (χ2v) is 12.4. The van der Waals surface area contributed by atoms with E-state index in [0.717, 1.165) is 32.9 Å². The standard InChI is InChI=1S/C32H24N4Si/c1-3-13-27(14-4-1)37(28-15-5-2-6-16-28,31-29(17-9-21-35-31)25-11-7-19-33-23-25)32-30(18-10-22-36-32)26-12-8-20-34-24-26/h1-24H. The molecular weight excluding hydrogens is 468 g/mol. The van der Waals surface area contributed by atoms with E-state index in [4.69, 9.17) is 9.97 Å². The molecule has 2 aromatic carbocycles. The molecular formula is C32H24N4Si. The Morgan fingerprint density at radius 3 is 1.24 bits per heavy atom. The molecule has 0 aliphatic rings. The van der Waals surface area contributed by atoms with Crippen molar-refractivity contribution >= 4 is 29.1 Å². The molecule has 37 heavy (non-hydrogen) atoms. The van der Waals surface area contributed by atoms with Crippen LogP contribution in [0.4, 0.5) is 0 Å². The van der Waals surface area contributed by atoms with Crippen molar-refractivity contribution in [2.24, 2.45) is 0 Å². The largest absolute Gasteiger partial charge is 0.264 e. The molecule has 0 bridgehead atoms. The zero-order valence-electron chi connectivity index (χ0n) is 20.1. The summed E-state index contributed by atoms with van der Waals surface area (Å²) in [5.74, 6) is 0. The highest BCUT2D eigenvalue weighted by Crippen LogP contribution is 2.23. The fourth-order valence-corrected chi connectivity index (χ4v) is 9.96. The van der Waals surface area contributed by atoms with Crippen molar-refractivity contribution < 1.29 is 0 Å². The quantitative estimate of drug-likeness (QED) is 0.330. The summed E-state index contributed by atoms with van der Waals surface area (Å²) in [6.07, 6.45) is 11.2. The molecule has 0 aliphatic heterocycles. The van der Waals surface area contributed by atoms with Gasteiger partial charge in [-0.1, -0.05) is 84.9 Å². The highest BCUT2D eigenvalue weighted by Gasteiger charge is 2.47. The van der Waals surface area contributed by atoms with E-state index >= 15 is 0 Å². The van der Waals surface area contributed by atoms with Crippen LogP contribution in [-0.4, -0.2) is 28.0 Å². The monoisotopic (exact) mass is 492 g/mol. The Morgan fingerprint density at radius 1 is 0.405 bits per heavy atom. The molecule has 6 aromatic rings. The van der Waals surface area contributed by atoms with Crippen molar-refractivity contribution in [2.45, 2.75) is 0 Å². The van der Waals surface area contributed by atoms with Gasteiger partial charge in [-0.05, 0) is 34.6 Å². The van der Waals surface area contributed by atoms with Crippen LogP contribution in [0.1, 0.15) is 0 Å². The third-order valence-corrected chi connectivity index (χ3v) is 11.3. The number of benzene rings is 2. The smallest absolute Gasteiger partial charge is 0.224 e. The lowest BCUT2D eigenvalue weighted by Crippen LogP contribution is -2.77. The molecule has 6 rings (SSSR count). The molecule has 0 saturated carbocycles. The van der Waals surface area contributed by atoms with Crippen LogP contribution in [0, 0.1) is 0 Å². The van der Waals surface area contributed by atoms with E-state index in [0.29, 0.717) is 0 Å². The van der Waals surface area contributed by atoms with E-state index in [-0.39, 0.29) is 0 Å². The normalized spacial score (nSPS) is 11.2. The van der Waals surface area contributed by atoms with Crippen LogP contribution in [0.3, 0.4) is 0 Å². The number of hydrogen-bond donors (Lipinski definition) is 0. The summed E-state index contributed by atoms with van der Waals surface area (Å²) < 4.78 is 0. The molecule has 4 nitrogen and oxygen atoms in total. The zero-order valence-corrected chi connectivity index (χ0v) is 21.1. The maximum atomic E-state index is 5.17. The van der Waals surface area contributed by atoms with Gasteiger partial charge in [0, 0.05) is 70.1 Å². The van der Waals surface area contributed by atoms with Gasteiger partial charge in [0.15, 0.2) is 0 Å². The molecule has 0 fully saturated rings. The number of hydrogen-bond acceptors (Lipinski definition) is 4. The van der Waals surface area contributed by atoms with Crippen molar-refractivity contribution in [1.82, 2.24) is 19.9 Å². The van der Waals surface area contributed by atoms with Crippen LogP contribution in [-0.2, 0) is 0 Å². The number of aromatic nitrogens is 4. The van der Waals surface area contributed by atoms with Gasteiger partial charge in [-0.15, -0.1) is 0 Å². The van der Waals surface area contributed by atoms with Gasteiger partial charge in [0.2, 0.25) is 8.07 Å². The molecule has 0 N–H and O–H groups in total. The first-order chi connectivity index (χ1) is 18.4. The minimum atomic E-state index is -3.03. The first-order valence-corrected chi connectivity index (χ1v) is 14.2. The molecule has 5 heteroatoms. The fourth-order valence-electron chi connectivity index (χ4n) is 5.12. The van der Waals surface area contributed by atoms with Gasteiger partial charge in [0.1, 0.15) is 0 Å². The Morgan fingerprint density at radius 2 is 0.838 bits per heavy atom. The zero-order chi connectivity index (χ0) is 24.9. The second-order valence-electron chi connectivity index (χ2n) is 8.76. The predicted octanol–water partition coefficient (Wildman–Crippen LogP) is 3.98. The van der Waals surface area contributed by atoms with Crippen LogP contribution in [0.2, 0.25) is 0 Å². The average Bonchev–Trinajstić information content (AvgIpc) is 3.00. The van der Waals surface area contributed by atoms with Crippen molar-refractivity contribution in [3.63, 3.8) is 0 Å². The van der Waals surface area contributed by atoms with E-state index in [1.807, 2.05) is 49.1 Å². The van der Waals surface area contributed by atoms with Crippen LogP contribution < -0.4 is 21.0 Å². The third-order valence-electron chi connectivity index (χ3n) is 6.68. The maximum Gasteiger partial charge on any atom is 0.224 e. The lowest BCUT2D eigenvalue weighted by atomic mass is 10.1.